The number of aliphatic hydroxyl groups excluding tert-OH is 1. The Morgan fingerprint density at radius 1 is 1.53 bits per heavy atom. The molecular weight excluding hydrogens is 242 g/mol. The number of nitro benzene ring substituents is 1. The molecule has 17 heavy (non-hydrogen) atoms. The Morgan fingerprint density at radius 2 is 2.29 bits per heavy atom. The summed E-state index contributed by atoms with van der Waals surface area (Å²) in [6.07, 6.45) is 0.750. The molecule has 0 amide bonds. The van der Waals surface area contributed by atoms with Crippen molar-refractivity contribution in [2.75, 3.05) is 17.8 Å². The van der Waals surface area contributed by atoms with Gasteiger partial charge in [-0.3, -0.25) is 16.0 Å². The van der Waals surface area contributed by atoms with E-state index >= 15 is 0 Å². The average Bonchev–Trinajstić information content (AvgIpc) is 2.34. The highest BCUT2D eigenvalue weighted by atomic mass is 32.2. The largest absolute Gasteiger partial charge is 0.396 e. The Kier molecular flexibility index (Phi) is 5.75. The Bertz CT molecular complexity index is 387. The number of nitrogens with one attached hydrogen (secondary N) is 1. The molecule has 0 aliphatic rings. The number of aliphatic hydroxyl groups is 1. The number of thioether (sulfide) groups is 1. The number of hydrogen-bond acceptors (Lipinski definition) is 6. The number of anilines is 1. The minimum atomic E-state index is -0.474. The van der Waals surface area contributed by atoms with E-state index in [0.717, 1.165) is 23.5 Å². The molecule has 1 aromatic carbocycles. The number of benzene rings is 1. The minimum absolute atomic E-state index is 0.0309. The Balaban J connectivity index is 2.66. The molecule has 0 spiro atoms. The highest BCUT2D eigenvalue weighted by molar-refractivity contribution is 7.98. The summed E-state index contributed by atoms with van der Waals surface area (Å²) in [5.74, 6) is 6.84. The Morgan fingerprint density at radius 3 is 2.88 bits per heavy atom. The van der Waals surface area contributed by atoms with E-state index in [1.165, 1.54) is 6.07 Å². The summed E-state index contributed by atoms with van der Waals surface area (Å²) in [6.45, 7) is 0.183. The van der Waals surface area contributed by atoms with E-state index in [-0.39, 0.29) is 12.3 Å². The summed E-state index contributed by atoms with van der Waals surface area (Å²) in [6, 6.07) is 4.83. The van der Waals surface area contributed by atoms with Crippen LogP contribution in [0.2, 0.25) is 0 Å². The van der Waals surface area contributed by atoms with Gasteiger partial charge in [-0.05, 0) is 23.8 Å². The molecule has 0 unspecified atom stereocenters. The normalized spacial score (nSPS) is 10.2. The number of hydrogen-bond donors (Lipinski definition) is 3. The molecule has 0 aromatic heterocycles. The van der Waals surface area contributed by atoms with E-state index in [2.05, 4.69) is 5.43 Å². The molecule has 7 heteroatoms. The highest BCUT2D eigenvalue weighted by Crippen LogP contribution is 2.26. The smallest absolute Gasteiger partial charge is 0.293 e. The number of nitro groups is 1. The lowest BCUT2D eigenvalue weighted by Crippen LogP contribution is -2.09. The summed E-state index contributed by atoms with van der Waals surface area (Å²) in [5, 5.41) is 19.3. The lowest BCUT2D eigenvalue weighted by Gasteiger charge is -2.05. The third-order valence-corrected chi connectivity index (χ3v) is 3.24. The van der Waals surface area contributed by atoms with Crippen LogP contribution in [0.25, 0.3) is 0 Å². The van der Waals surface area contributed by atoms with Crippen LogP contribution in [0, 0.1) is 10.1 Å². The van der Waals surface area contributed by atoms with Gasteiger partial charge in [0.1, 0.15) is 5.69 Å². The average molecular weight is 257 g/mol. The molecule has 94 valence electrons. The monoisotopic (exact) mass is 257 g/mol. The number of nitrogens with zero attached hydrogens (tertiary/aromatic N) is 1. The summed E-state index contributed by atoms with van der Waals surface area (Å²) in [5.41, 5.74) is 3.58. The molecule has 1 aromatic rings. The summed E-state index contributed by atoms with van der Waals surface area (Å²) in [7, 11) is 0. The van der Waals surface area contributed by atoms with Crippen LogP contribution in [0.5, 0.6) is 0 Å². The second-order valence-corrected chi connectivity index (χ2v) is 4.49. The number of nitrogens with two attached hydrogens (primary N) is 1. The number of nitrogen functional groups attached to an aromatic ring is 1. The predicted molar refractivity (Wildman–Crippen MR) is 68.8 cm³/mol. The van der Waals surface area contributed by atoms with Crippen molar-refractivity contribution in [1.82, 2.24) is 0 Å². The molecule has 0 bridgehead atoms. The highest BCUT2D eigenvalue weighted by Gasteiger charge is 2.12. The van der Waals surface area contributed by atoms with Crippen LogP contribution in [-0.2, 0) is 5.75 Å². The summed E-state index contributed by atoms with van der Waals surface area (Å²) in [4.78, 5) is 10.2. The minimum Gasteiger partial charge on any atom is -0.396 e. The van der Waals surface area contributed by atoms with Crippen LogP contribution in [0.15, 0.2) is 18.2 Å². The van der Waals surface area contributed by atoms with E-state index < -0.39 is 4.92 Å². The molecule has 0 saturated carbocycles. The standard InChI is InChI=1S/C10H15N3O3S/c11-12-9-6-8(7-17-5-1-4-14)2-3-10(9)13(15)16/h2-3,6,12,14H,1,4-5,7,11H2. The van der Waals surface area contributed by atoms with E-state index in [4.69, 9.17) is 10.9 Å². The van der Waals surface area contributed by atoms with Gasteiger partial charge in [0, 0.05) is 18.4 Å². The molecule has 4 N–H and O–H groups in total. The maximum Gasteiger partial charge on any atom is 0.293 e. The zero-order valence-electron chi connectivity index (χ0n) is 9.26. The van der Waals surface area contributed by atoms with Gasteiger partial charge in [0.2, 0.25) is 0 Å². The molecule has 1 rings (SSSR count). The fraction of sp³-hybridized carbons (Fsp3) is 0.400. The first-order valence-electron chi connectivity index (χ1n) is 5.11. The van der Waals surface area contributed by atoms with Crippen molar-refractivity contribution in [1.29, 1.82) is 0 Å². The molecule has 0 atom stereocenters. The summed E-state index contributed by atoms with van der Waals surface area (Å²) >= 11 is 1.67. The van der Waals surface area contributed by atoms with Crippen molar-refractivity contribution in [2.45, 2.75) is 12.2 Å². The maximum absolute atomic E-state index is 10.7. The van der Waals surface area contributed by atoms with Crippen LogP contribution in [0.4, 0.5) is 11.4 Å². The van der Waals surface area contributed by atoms with Crippen molar-refractivity contribution < 1.29 is 10.0 Å². The first-order valence-corrected chi connectivity index (χ1v) is 6.27. The Hall–Kier alpha value is -1.31. The fourth-order valence-electron chi connectivity index (χ4n) is 1.30. The molecular formula is C10H15N3O3S. The van der Waals surface area contributed by atoms with Crippen molar-refractivity contribution in [3.63, 3.8) is 0 Å². The topological polar surface area (TPSA) is 101 Å². The molecule has 6 nitrogen and oxygen atoms in total. The first-order chi connectivity index (χ1) is 8.19. The van der Waals surface area contributed by atoms with Crippen molar-refractivity contribution in [2.24, 2.45) is 5.84 Å². The zero-order chi connectivity index (χ0) is 12.7. The number of rotatable bonds is 7. The van der Waals surface area contributed by atoms with E-state index in [1.807, 2.05) is 0 Å². The van der Waals surface area contributed by atoms with Crippen LogP contribution >= 0.6 is 11.8 Å². The van der Waals surface area contributed by atoms with Gasteiger partial charge in [0.15, 0.2) is 0 Å². The van der Waals surface area contributed by atoms with Gasteiger partial charge in [-0.2, -0.15) is 11.8 Å². The first kappa shape index (κ1) is 13.8. The van der Waals surface area contributed by atoms with Gasteiger partial charge in [-0.1, -0.05) is 6.07 Å². The fourth-order valence-corrected chi connectivity index (χ4v) is 2.20. The van der Waals surface area contributed by atoms with Gasteiger partial charge in [-0.25, -0.2) is 0 Å². The van der Waals surface area contributed by atoms with Crippen molar-refractivity contribution in [3.05, 3.63) is 33.9 Å². The third-order valence-electron chi connectivity index (χ3n) is 2.13. The van der Waals surface area contributed by atoms with E-state index in [0.29, 0.717) is 5.69 Å². The van der Waals surface area contributed by atoms with Crippen LogP contribution in [0.3, 0.4) is 0 Å². The SMILES string of the molecule is NNc1cc(CSCCCO)ccc1[N+](=O)[O-]. The molecule has 0 heterocycles. The quantitative estimate of drug-likeness (QED) is 0.296. The summed E-state index contributed by atoms with van der Waals surface area (Å²) < 4.78 is 0. The lowest BCUT2D eigenvalue weighted by molar-refractivity contribution is -0.384. The van der Waals surface area contributed by atoms with Gasteiger partial charge in [0.05, 0.1) is 4.92 Å². The van der Waals surface area contributed by atoms with E-state index in [9.17, 15) is 10.1 Å². The van der Waals surface area contributed by atoms with Crippen molar-refractivity contribution >= 4 is 23.1 Å². The van der Waals surface area contributed by atoms with Gasteiger partial charge in [-0.15, -0.1) is 0 Å². The predicted octanol–water partition coefficient (Wildman–Crippen LogP) is 1.50. The van der Waals surface area contributed by atoms with Crippen LogP contribution < -0.4 is 11.3 Å². The molecule has 0 aliphatic heterocycles. The third kappa shape index (κ3) is 4.22. The molecule has 0 saturated heterocycles. The van der Waals surface area contributed by atoms with Crippen LogP contribution in [0.1, 0.15) is 12.0 Å². The second kappa shape index (κ2) is 7.10. The molecule has 0 aliphatic carbocycles. The molecule has 0 fully saturated rings. The lowest BCUT2D eigenvalue weighted by atomic mass is 10.2. The number of hydrazine groups is 1. The second-order valence-electron chi connectivity index (χ2n) is 3.38. The maximum atomic E-state index is 10.7. The van der Waals surface area contributed by atoms with Crippen molar-refractivity contribution in [3.8, 4) is 0 Å². The Labute approximate surface area is 103 Å². The molecule has 0 radical (unpaired) electrons. The zero-order valence-corrected chi connectivity index (χ0v) is 10.1. The van der Waals surface area contributed by atoms with Gasteiger partial charge in [0.25, 0.3) is 5.69 Å². The van der Waals surface area contributed by atoms with E-state index in [1.54, 1.807) is 23.9 Å². The van der Waals surface area contributed by atoms with Crippen LogP contribution in [-0.4, -0.2) is 22.4 Å². The van der Waals surface area contributed by atoms with Gasteiger partial charge < -0.3 is 10.5 Å². The van der Waals surface area contributed by atoms with Gasteiger partial charge >= 0.3 is 0 Å².